The molecule has 0 aromatic heterocycles. The van der Waals surface area contributed by atoms with Crippen LogP contribution in [0.15, 0.2) is 12.2 Å². The van der Waals surface area contributed by atoms with E-state index >= 15 is 0 Å². The SMILES string of the molecule is CCCCCCCCCCCCCCCCCCCCCCCCCCCCCCCCC/C=C/C(O)C(COC1OC(CO)C(O)C(O)C1O)NC(=O)CCCCCCCCCCCCCCC. The zero-order valence-corrected chi connectivity index (χ0v) is 45.6. The van der Waals surface area contributed by atoms with E-state index in [4.69, 9.17) is 9.47 Å². The number of unbranched alkanes of at least 4 members (excludes halogenated alkanes) is 43. The predicted molar refractivity (Wildman–Crippen MR) is 291 cm³/mol. The van der Waals surface area contributed by atoms with Gasteiger partial charge in [-0.3, -0.25) is 4.79 Å². The topological polar surface area (TPSA) is 149 Å². The molecule has 1 aliphatic heterocycles. The van der Waals surface area contributed by atoms with Crippen LogP contribution in [0.4, 0.5) is 0 Å². The molecule has 6 N–H and O–H groups in total. The Morgan fingerprint density at radius 1 is 0.478 bits per heavy atom. The van der Waals surface area contributed by atoms with Crippen LogP contribution in [0.2, 0.25) is 0 Å². The number of hydrogen-bond donors (Lipinski definition) is 6. The minimum Gasteiger partial charge on any atom is -0.394 e. The van der Waals surface area contributed by atoms with Gasteiger partial charge in [0.25, 0.3) is 0 Å². The van der Waals surface area contributed by atoms with Gasteiger partial charge in [0.05, 0.1) is 25.4 Å². The normalized spacial score (nSPS) is 19.4. The molecule has 7 unspecified atom stereocenters. The Morgan fingerprint density at radius 3 is 1.13 bits per heavy atom. The zero-order valence-electron chi connectivity index (χ0n) is 45.6. The second kappa shape index (κ2) is 50.5. The predicted octanol–water partition coefficient (Wildman–Crippen LogP) is 15.2. The number of ether oxygens (including phenoxy) is 2. The first-order valence-electron chi connectivity index (χ1n) is 30.4. The molecule has 0 spiro atoms. The monoisotopic (exact) mass is 980 g/mol. The maximum Gasteiger partial charge on any atom is 0.220 e. The summed E-state index contributed by atoms with van der Waals surface area (Å²) in [5.41, 5.74) is 0. The van der Waals surface area contributed by atoms with Gasteiger partial charge in [-0.25, -0.2) is 0 Å². The third kappa shape index (κ3) is 40.1. The number of aliphatic hydroxyl groups excluding tert-OH is 5. The van der Waals surface area contributed by atoms with Crippen molar-refractivity contribution < 1.29 is 39.8 Å². The van der Waals surface area contributed by atoms with E-state index in [9.17, 15) is 30.3 Å². The van der Waals surface area contributed by atoms with Crippen molar-refractivity contribution in [1.82, 2.24) is 5.32 Å². The van der Waals surface area contributed by atoms with Crippen molar-refractivity contribution in [3.05, 3.63) is 12.2 Å². The molecule has 69 heavy (non-hydrogen) atoms. The van der Waals surface area contributed by atoms with Crippen molar-refractivity contribution in [3.63, 3.8) is 0 Å². The van der Waals surface area contributed by atoms with Crippen LogP contribution in [0, 0.1) is 0 Å². The molecule has 1 fully saturated rings. The van der Waals surface area contributed by atoms with Gasteiger partial charge < -0.3 is 40.3 Å². The number of amides is 1. The highest BCUT2D eigenvalue weighted by Crippen LogP contribution is 2.23. The average Bonchev–Trinajstić information content (AvgIpc) is 3.35. The van der Waals surface area contributed by atoms with E-state index in [1.54, 1.807) is 6.08 Å². The molecule has 0 bridgehead atoms. The molecule has 0 aromatic rings. The van der Waals surface area contributed by atoms with E-state index in [-0.39, 0.29) is 12.5 Å². The molecule has 1 rings (SSSR count). The van der Waals surface area contributed by atoms with E-state index in [2.05, 4.69) is 19.2 Å². The maximum absolute atomic E-state index is 13.0. The van der Waals surface area contributed by atoms with Crippen molar-refractivity contribution in [1.29, 1.82) is 0 Å². The van der Waals surface area contributed by atoms with Gasteiger partial charge in [0.15, 0.2) is 6.29 Å². The molecule has 0 radical (unpaired) electrons. The van der Waals surface area contributed by atoms with Crippen LogP contribution in [0.25, 0.3) is 0 Å². The Labute approximate surface area is 426 Å². The summed E-state index contributed by atoms with van der Waals surface area (Å²) >= 11 is 0. The quantitative estimate of drug-likeness (QED) is 0.0261. The Morgan fingerprint density at radius 2 is 0.797 bits per heavy atom. The molecular weight excluding hydrogens is 863 g/mol. The van der Waals surface area contributed by atoms with Gasteiger partial charge in [0.2, 0.25) is 5.91 Å². The highest BCUT2D eigenvalue weighted by molar-refractivity contribution is 5.76. The molecule has 0 aliphatic carbocycles. The first-order chi connectivity index (χ1) is 33.8. The summed E-state index contributed by atoms with van der Waals surface area (Å²) in [4.78, 5) is 13.0. The lowest BCUT2D eigenvalue weighted by atomic mass is 9.99. The van der Waals surface area contributed by atoms with E-state index in [1.807, 2.05) is 6.08 Å². The number of carbonyl (C=O) groups is 1. The second-order valence-corrected chi connectivity index (χ2v) is 21.5. The van der Waals surface area contributed by atoms with Crippen molar-refractivity contribution in [2.75, 3.05) is 13.2 Å². The summed E-state index contributed by atoms with van der Waals surface area (Å²) < 4.78 is 11.3. The second-order valence-electron chi connectivity index (χ2n) is 21.5. The van der Waals surface area contributed by atoms with Gasteiger partial charge in [0.1, 0.15) is 24.4 Å². The smallest absolute Gasteiger partial charge is 0.220 e. The van der Waals surface area contributed by atoms with Gasteiger partial charge in [-0.1, -0.05) is 296 Å². The highest BCUT2D eigenvalue weighted by atomic mass is 16.7. The fourth-order valence-electron chi connectivity index (χ4n) is 10.0. The van der Waals surface area contributed by atoms with Crippen LogP contribution in [0.3, 0.4) is 0 Å². The van der Waals surface area contributed by atoms with Crippen molar-refractivity contribution in [2.24, 2.45) is 0 Å². The summed E-state index contributed by atoms with van der Waals surface area (Å²) in [5, 5.41) is 54.5. The Bertz CT molecular complexity index is 1090. The van der Waals surface area contributed by atoms with E-state index < -0.39 is 49.5 Å². The van der Waals surface area contributed by atoms with Gasteiger partial charge in [-0.05, 0) is 19.3 Å². The third-order valence-electron chi connectivity index (χ3n) is 14.9. The number of carbonyl (C=O) groups excluding carboxylic acids is 1. The number of nitrogens with one attached hydrogen (secondary N) is 1. The summed E-state index contributed by atoms with van der Waals surface area (Å²) in [6.45, 7) is 3.81. The molecule has 7 atom stereocenters. The van der Waals surface area contributed by atoms with Gasteiger partial charge in [-0.15, -0.1) is 0 Å². The molecule has 0 saturated carbocycles. The molecule has 1 saturated heterocycles. The number of rotatable bonds is 53. The van der Waals surface area contributed by atoms with Crippen LogP contribution in [0.5, 0.6) is 0 Å². The van der Waals surface area contributed by atoms with Crippen LogP contribution in [-0.2, 0) is 14.3 Å². The summed E-state index contributed by atoms with van der Waals surface area (Å²) in [7, 11) is 0. The number of hydrogen-bond acceptors (Lipinski definition) is 8. The van der Waals surface area contributed by atoms with E-state index in [0.29, 0.717) is 6.42 Å². The lowest BCUT2D eigenvalue weighted by molar-refractivity contribution is -0.302. The Kier molecular flexibility index (Phi) is 48.2. The summed E-state index contributed by atoms with van der Waals surface area (Å²) in [5.74, 6) is -0.172. The lowest BCUT2D eigenvalue weighted by Gasteiger charge is -2.40. The van der Waals surface area contributed by atoms with Crippen molar-refractivity contribution in [3.8, 4) is 0 Å². The minimum absolute atomic E-state index is 0.172. The molecule has 9 nitrogen and oxygen atoms in total. The number of allylic oxidation sites excluding steroid dienone is 1. The first kappa shape index (κ1) is 65.9. The average molecular weight is 981 g/mol. The Hall–Kier alpha value is -1.07. The molecule has 0 aromatic carbocycles. The fraction of sp³-hybridized carbons (Fsp3) is 0.950. The lowest BCUT2D eigenvalue weighted by Crippen LogP contribution is -2.60. The first-order valence-corrected chi connectivity index (χ1v) is 30.4. The Balaban J connectivity index is 2.10. The zero-order chi connectivity index (χ0) is 50.1. The van der Waals surface area contributed by atoms with Crippen LogP contribution < -0.4 is 5.32 Å². The van der Waals surface area contributed by atoms with Crippen LogP contribution >= 0.6 is 0 Å². The summed E-state index contributed by atoms with van der Waals surface area (Å²) in [6.07, 6.45) is 55.9. The summed E-state index contributed by atoms with van der Waals surface area (Å²) in [6, 6.07) is -0.800. The molecule has 410 valence electrons. The largest absolute Gasteiger partial charge is 0.394 e. The molecule has 9 heteroatoms. The minimum atomic E-state index is -1.56. The maximum atomic E-state index is 13.0. The third-order valence-corrected chi connectivity index (χ3v) is 14.9. The van der Waals surface area contributed by atoms with E-state index in [1.165, 1.54) is 250 Å². The van der Waals surface area contributed by atoms with Gasteiger partial charge in [-0.2, -0.15) is 0 Å². The molecule has 1 amide bonds. The van der Waals surface area contributed by atoms with Crippen molar-refractivity contribution >= 4 is 5.91 Å². The van der Waals surface area contributed by atoms with Crippen LogP contribution in [-0.4, -0.2) is 87.5 Å². The van der Waals surface area contributed by atoms with Gasteiger partial charge >= 0.3 is 0 Å². The molecule has 1 heterocycles. The number of aliphatic hydroxyl groups is 5. The molecular formula is C60H117NO8. The van der Waals surface area contributed by atoms with E-state index in [0.717, 1.165) is 38.5 Å². The highest BCUT2D eigenvalue weighted by Gasteiger charge is 2.44. The van der Waals surface area contributed by atoms with Gasteiger partial charge in [0, 0.05) is 6.42 Å². The fourth-order valence-corrected chi connectivity index (χ4v) is 10.0. The standard InChI is InChI=1S/C60H117NO8/c1-3-5-7-9-11-13-15-17-18-19-20-21-22-23-24-25-26-27-28-29-30-31-32-33-34-35-36-38-39-41-43-45-47-49-54(63)53(52-68-60-59(67)58(66)57(65)55(51-62)69-60)61-56(64)50-48-46-44-42-40-37-16-14-12-10-8-6-4-2/h47,49,53-55,57-60,62-63,65-67H,3-46,48,50-52H2,1-2H3,(H,61,64)/b49-47+. The molecule has 1 aliphatic rings. The van der Waals surface area contributed by atoms with Crippen molar-refractivity contribution in [2.45, 2.75) is 352 Å². The van der Waals surface area contributed by atoms with Crippen LogP contribution in [0.1, 0.15) is 309 Å².